The quantitative estimate of drug-likeness (QED) is 0.826. The lowest BCUT2D eigenvalue weighted by molar-refractivity contribution is -0.132. The minimum Gasteiger partial charge on any atom is -0.341 e. The molecule has 2 heterocycles. The van der Waals surface area contributed by atoms with Crippen LogP contribution in [0.1, 0.15) is 18.4 Å². The molecule has 6 heteroatoms. The van der Waals surface area contributed by atoms with Gasteiger partial charge < -0.3 is 4.90 Å². The molecule has 0 aliphatic carbocycles. The Morgan fingerprint density at radius 3 is 2.62 bits per heavy atom. The number of hydrogen-bond acceptors (Lipinski definition) is 4. The first-order valence-electron chi connectivity index (χ1n) is 8.37. The fourth-order valence-corrected chi connectivity index (χ4v) is 5.13. The zero-order valence-corrected chi connectivity index (χ0v) is 14.8. The van der Waals surface area contributed by atoms with E-state index in [2.05, 4.69) is 23.1 Å². The lowest BCUT2D eigenvalue weighted by Gasteiger charge is -2.30. The maximum absolute atomic E-state index is 12.4. The van der Waals surface area contributed by atoms with Crippen molar-refractivity contribution in [3.63, 3.8) is 0 Å². The topological polar surface area (TPSA) is 57.7 Å². The average Bonchev–Trinajstić information content (AvgIpc) is 2.95. The molecule has 0 saturated carbocycles. The minimum atomic E-state index is -2.96. The van der Waals surface area contributed by atoms with E-state index in [4.69, 9.17) is 0 Å². The first-order chi connectivity index (χ1) is 11.4. The van der Waals surface area contributed by atoms with Gasteiger partial charge in [0, 0.05) is 26.2 Å². The van der Waals surface area contributed by atoms with Crippen molar-refractivity contribution in [2.45, 2.75) is 18.9 Å². The highest BCUT2D eigenvalue weighted by molar-refractivity contribution is 7.91. The molecule has 0 radical (unpaired) electrons. The van der Waals surface area contributed by atoms with E-state index in [-0.39, 0.29) is 23.5 Å². The van der Waals surface area contributed by atoms with Crippen LogP contribution in [-0.2, 0) is 14.6 Å². The minimum absolute atomic E-state index is 0.00802. The van der Waals surface area contributed by atoms with Crippen molar-refractivity contribution in [2.75, 3.05) is 38.2 Å². The SMILES string of the molecule is CN(C(=O)CN1CC=C(c2ccccc2)CC1)[C@H]1CCS(=O)(=O)C1. The molecule has 24 heavy (non-hydrogen) atoms. The molecule has 1 aromatic carbocycles. The van der Waals surface area contributed by atoms with Crippen LogP contribution in [-0.4, -0.2) is 68.4 Å². The molecule has 0 N–H and O–H groups in total. The Morgan fingerprint density at radius 2 is 2.04 bits per heavy atom. The van der Waals surface area contributed by atoms with Gasteiger partial charge in [0.2, 0.25) is 5.91 Å². The van der Waals surface area contributed by atoms with Crippen LogP contribution in [0.5, 0.6) is 0 Å². The summed E-state index contributed by atoms with van der Waals surface area (Å²) in [6.07, 6.45) is 3.67. The molecule has 1 fully saturated rings. The van der Waals surface area contributed by atoms with Crippen molar-refractivity contribution >= 4 is 21.3 Å². The van der Waals surface area contributed by atoms with Gasteiger partial charge in [0.25, 0.3) is 0 Å². The van der Waals surface area contributed by atoms with Crippen molar-refractivity contribution in [1.82, 2.24) is 9.80 Å². The van der Waals surface area contributed by atoms with E-state index in [9.17, 15) is 13.2 Å². The molecule has 130 valence electrons. The third kappa shape index (κ3) is 4.05. The number of carbonyl (C=O) groups excluding carboxylic acids is 1. The number of rotatable bonds is 4. The first-order valence-corrected chi connectivity index (χ1v) is 10.2. The average molecular weight is 348 g/mol. The maximum atomic E-state index is 12.4. The molecule has 0 bridgehead atoms. The standard InChI is InChI=1S/C18H24N2O3S/c1-19(17-9-12-24(22,23)14-17)18(21)13-20-10-7-16(8-11-20)15-5-3-2-4-6-15/h2-7,17H,8-14H2,1H3/t17-/m0/s1. The molecule has 1 amide bonds. The highest BCUT2D eigenvalue weighted by Gasteiger charge is 2.33. The molecular weight excluding hydrogens is 324 g/mol. The summed E-state index contributed by atoms with van der Waals surface area (Å²) in [5.74, 6) is 0.309. The number of nitrogens with zero attached hydrogens (tertiary/aromatic N) is 2. The number of likely N-dealkylation sites (N-methyl/N-ethyl adjacent to an activating group) is 1. The van der Waals surface area contributed by atoms with Gasteiger partial charge in [-0.1, -0.05) is 36.4 Å². The molecule has 2 aliphatic heterocycles. The Morgan fingerprint density at radius 1 is 1.29 bits per heavy atom. The second kappa shape index (κ2) is 7.07. The molecule has 1 saturated heterocycles. The van der Waals surface area contributed by atoms with Crippen LogP contribution < -0.4 is 0 Å². The van der Waals surface area contributed by atoms with Crippen LogP contribution in [0.25, 0.3) is 5.57 Å². The number of benzene rings is 1. The second-order valence-electron chi connectivity index (χ2n) is 6.64. The Labute approximate surface area is 143 Å². The number of amides is 1. The van der Waals surface area contributed by atoms with Gasteiger partial charge in [-0.05, 0) is 24.0 Å². The predicted molar refractivity (Wildman–Crippen MR) is 95.3 cm³/mol. The van der Waals surface area contributed by atoms with Crippen molar-refractivity contribution in [3.05, 3.63) is 42.0 Å². The summed E-state index contributed by atoms with van der Waals surface area (Å²) in [4.78, 5) is 16.2. The Kier molecular flexibility index (Phi) is 5.06. The van der Waals surface area contributed by atoms with E-state index in [1.54, 1.807) is 11.9 Å². The van der Waals surface area contributed by atoms with Gasteiger partial charge in [0.15, 0.2) is 9.84 Å². The van der Waals surface area contributed by atoms with Gasteiger partial charge in [0.05, 0.1) is 18.1 Å². The summed E-state index contributed by atoms with van der Waals surface area (Å²) in [7, 11) is -1.24. The van der Waals surface area contributed by atoms with Gasteiger partial charge >= 0.3 is 0 Å². The van der Waals surface area contributed by atoms with Gasteiger partial charge in [-0.2, -0.15) is 0 Å². The van der Waals surface area contributed by atoms with Crippen LogP contribution in [0.15, 0.2) is 36.4 Å². The van der Waals surface area contributed by atoms with Gasteiger partial charge in [-0.25, -0.2) is 8.42 Å². The van der Waals surface area contributed by atoms with Crippen molar-refractivity contribution in [3.8, 4) is 0 Å². The van der Waals surface area contributed by atoms with Gasteiger partial charge in [0.1, 0.15) is 0 Å². The molecule has 0 aromatic heterocycles. The zero-order valence-electron chi connectivity index (χ0n) is 14.0. The summed E-state index contributed by atoms with van der Waals surface area (Å²) in [5.41, 5.74) is 2.58. The molecule has 0 spiro atoms. The Balaban J connectivity index is 1.54. The van der Waals surface area contributed by atoms with Gasteiger partial charge in [-0.15, -0.1) is 0 Å². The maximum Gasteiger partial charge on any atom is 0.236 e. The second-order valence-corrected chi connectivity index (χ2v) is 8.87. The normalized spacial score (nSPS) is 23.7. The number of sulfone groups is 1. The van der Waals surface area contributed by atoms with Crippen LogP contribution in [0.4, 0.5) is 0 Å². The smallest absolute Gasteiger partial charge is 0.236 e. The van der Waals surface area contributed by atoms with Crippen molar-refractivity contribution in [2.24, 2.45) is 0 Å². The molecule has 0 unspecified atom stereocenters. The molecule has 2 aliphatic rings. The fourth-order valence-electron chi connectivity index (χ4n) is 3.36. The fraction of sp³-hybridized carbons (Fsp3) is 0.500. The van der Waals surface area contributed by atoms with Crippen LogP contribution in [0, 0.1) is 0 Å². The van der Waals surface area contributed by atoms with Crippen LogP contribution in [0.2, 0.25) is 0 Å². The van der Waals surface area contributed by atoms with E-state index < -0.39 is 9.84 Å². The Bertz CT molecular complexity index is 728. The van der Waals surface area contributed by atoms with E-state index in [1.807, 2.05) is 18.2 Å². The first kappa shape index (κ1) is 17.2. The van der Waals surface area contributed by atoms with Crippen molar-refractivity contribution < 1.29 is 13.2 Å². The zero-order chi connectivity index (χ0) is 17.2. The monoisotopic (exact) mass is 348 g/mol. The molecule has 3 rings (SSSR count). The number of carbonyl (C=O) groups is 1. The third-order valence-corrected chi connectivity index (χ3v) is 6.70. The van der Waals surface area contributed by atoms with E-state index in [0.29, 0.717) is 13.0 Å². The van der Waals surface area contributed by atoms with Crippen molar-refractivity contribution in [1.29, 1.82) is 0 Å². The van der Waals surface area contributed by atoms with Crippen LogP contribution >= 0.6 is 0 Å². The summed E-state index contributed by atoms with van der Waals surface area (Å²) in [6, 6.07) is 10.1. The summed E-state index contributed by atoms with van der Waals surface area (Å²) in [6.45, 7) is 1.96. The molecular formula is C18H24N2O3S. The predicted octanol–water partition coefficient (Wildman–Crippen LogP) is 1.42. The molecule has 1 atom stereocenters. The highest BCUT2D eigenvalue weighted by Crippen LogP contribution is 2.22. The summed E-state index contributed by atoms with van der Waals surface area (Å²) < 4.78 is 23.1. The molecule has 1 aromatic rings. The van der Waals surface area contributed by atoms with E-state index in [0.717, 1.165) is 19.5 Å². The summed E-state index contributed by atoms with van der Waals surface area (Å²) in [5, 5.41) is 0. The largest absolute Gasteiger partial charge is 0.341 e. The van der Waals surface area contributed by atoms with E-state index in [1.165, 1.54) is 11.1 Å². The highest BCUT2D eigenvalue weighted by atomic mass is 32.2. The van der Waals surface area contributed by atoms with E-state index >= 15 is 0 Å². The lowest BCUT2D eigenvalue weighted by Crippen LogP contribution is -2.44. The van der Waals surface area contributed by atoms with Crippen LogP contribution in [0.3, 0.4) is 0 Å². The molecule has 5 nitrogen and oxygen atoms in total. The number of hydrogen-bond donors (Lipinski definition) is 0. The Hall–Kier alpha value is -1.66. The summed E-state index contributed by atoms with van der Waals surface area (Å²) >= 11 is 0. The third-order valence-electron chi connectivity index (χ3n) is 4.95. The lowest BCUT2D eigenvalue weighted by atomic mass is 9.99. The van der Waals surface area contributed by atoms with Gasteiger partial charge in [-0.3, -0.25) is 9.69 Å².